The summed E-state index contributed by atoms with van der Waals surface area (Å²) in [5, 5.41) is 5.46. The summed E-state index contributed by atoms with van der Waals surface area (Å²) in [5.41, 5.74) is 2.59. The molecule has 0 radical (unpaired) electrons. The lowest BCUT2D eigenvalue weighted by Crippen LogP contribution is -1.92. The fourth-order valence-electron chi connectivity index (χ4n) is 1.40. The van der Waals surface area contributed by atoms with Crippen LogP contribution in [0.1, 0.15) is 11.4 Å². The molecular weight excluding hydrogens is 208 g/mol. The maximum absolute atomic E-state index is 10.5. The summed E-state index contributed by atoms with van der Waals surface area (Å²) >= 11 is 0. The molecule has 1 aromatic heterocycles. The number of nitroso groups, excluding NO2 is 2. The van der Waals surface area contributed by atoms with Gasteiger partial charge in [-0.2, -0.15) is 0 Å². The van der Waals surface area contributed by atoms with Gasteiger partial charge in [0.05, 0.1) is 22.4 Å². The number of rotatable bonds is 2. The Labute approximate surface area is 90.7 Å². The van der Waals surface area contributed by atoms with E-state index in [9.17, 15) is 9.81 Å². The number of nitrogens with zero attached hydrogens (tertiary/aromatic N) is 4. The molecule has 0 aliphatic rings. The molecule has 6 heteroatoms. The summed E-state index contributed by atoms with van der Waals surface area (Å²) in [6.07, 6.45) is 0. The van der Waals surface area contributed by atoms with E-state index in [2.05, 4.69) is 20.3 Å². The Kier molecular flexibility index (Phi) is 2.40. The molecule has 2 aromatic rings. The smallest absolute Gasteiger partial charge is 0.139 e. The van der Waals surface area contributed by atoms with Crippen LogP contribution < -0.4 is 0 Å². The minimum atomic E-state index is -0.0138. The molecule has 1 heterocycles. The lowest BCUT2D eigenvalue weighted by Gasteiger charge is -2.03. The average molecular weight is 216 g/mol. The largest absolute Gasteiger partial charge is 0.250 e. The molecule has 2 rings (SSSR count). The number of aryl methyl sites for hydroxylation is 2. The summed E-state index contributed by atoms with van der Waals surface area (Å²) in [4.78, 5) is 29.5. The van der Waals surface area contributed by atoms with E-state index >= 15 is 0 Å². The van der Waals surface area contributed by atoms with E-state index < -0.39 is 0 Å². The van der Waals surface area contributed by atoms with Gasteiger partial charge >= 0.3 is 0 Å². The molecule has 0 N–H and O–H groups in total. The fourth-order valence-corrected chi connectivity index (χ4v) is 1.40. The first-order valence-electron chi connectivity index (χ1n) is 4.61. The number of benzene rings is 1. The quantitative estimate of drug-likeness (QED) is 0.722. The second kappa shape index (κ2) is 3.73. The normalized spacial score (nSPS) is 10.4. The zero-order valence-corrected chi connectivity index (χ0v) is 8.76. The maximum atomic E-state index is 10.5. The highest BCUT2D eigenvalue weighted by molar-refractivity contribution is 5.84. The Morgan fingerprint density at radius 1 is 0.875 bits per heavy atom. The molecule has 0 bridgehead atoms. The van der Waals surface area contributed by atoms with Crippen molar-refractivity contribution in [3.8, 4) is 0 Å². The van der Waals surface area contributed by atoms with Gasteiger partial charge in [-0.05, 0) is 36.3 Å². The minimum absolute atomic E-state index is 0.0138. The van der Waals surface area contributed by atoms with Crippen molar-refractivity contribution in [3.05, 3.63) is 33.3 Å². The number of fused-ring (bicyclic) bond motifs is 1. The summed E-state index contributed by atoms with van der Waals surface area (Å²) in [6.45, 7) is 3.64. The molecule has 0 amide bonds. The van der Waals surface area contributed by atoms with Crippen molar-refractivity contribution in [2.45, 2.75) is 13.8 Å². The van der Waals surface area contributed by atoms with Crippen molar-refractivity contribution in [2.75, 3.05) is 0 Å². The highest BCUT2D eigenvalue weighted by Crippen LogP contribution is 2.31. The molecule has 0 aliphatic carbocycles. The molecular formula is C10H8N4O2. The molecule has 6 nitrogen and oxygen atoms in total. The Hall–Kier alpha value is -2.24. The molecule has 1 aromatic carbocycles. The van der Waals surface area contributed by atoms with Gasteiger partial charge in [0.2, 0.25) is 0 Å². The molecule has 0 saturated carbocycles. The van der Waals surface area contributed by atoms with Gasteiger partial charge in [-0.15, -0.1) is 9.81 Å². The van der Waals surface area contributed by atoms with Crippen LogP contribution in [0.4, 0.5) is 11.4 Å². The monoisotopic (exact) mass is 216 g/mol. The van der Waals surface area contributed by atoms with E-state index in [4.69, 9.17) is 0 Å². The minimum Gasteiger partial charge on any atom is -0.250 e. The second-order valence-corrected chi connectivity index (χ2v) is 3.41. The molecule has 0 saturated heterocycles. The lowest BCUT2D eigenvalue weighted by atomic mass is 10.2. The predicted octanol–water partition coefficient (Wildman–Crippen LogP) is 3.04. The third-order valence-electron chi connectivity index (χ3n) is 2.37. The van der Waals surface area contributed by atoms with Gasteiger partial charge in [0, 0.05) is 0 Å². The van der Waals surface area contributed by atoms with Crippen LogP contribution in [0.2, 0.25) is 0 Å². The zero-order chi connectivity index (χ0) is 11.7. The van der Waals surface area contributed by atoms with Crippen LogP contribution in [0, 0.1) is 23.7 Å². The Morgan fingerprint density at radius 3 is 1.56 bits per heavy atom. The van der Waals surface area contributed by atoms with E-state index in [0.29, 0.717) is 11.0 Å². The van der Waals surface area contributed by atoms with Crippen LogP contribution in [-0.2, 0) is 0 Å². The van der Waals surface area contributed by atoms with Crippen molar-refractivity contribution < 1.29 is 0 Å². The third kappa shape index (κ3) is 1.54. The van der Waals surface area contributed by atoms with Crippen LogP contribution in [-0.4, -0.2) is 9.97 Å². The first-order chi connectivity index (χ1) is 7.65. The van der Waals surface area contributed by atoms with Crippen molar-refractivity contribution in [3.63, 3.8) is 0 Å². The van der Waals surface area contributed by atoms with Gasteiger partial charge < -0.3 is 0 Å². The van der Waals surface area contributed by atoms with Crippen LogP contribution in [0.15, 0.2) is 22.5 Å². The first kappa shape index (κ1) is 10.3. The van der Waals surface area contributed by atoms with Crippen molar-refractivity contribution >= 4 is 22.4 Å². The van der Waals surface area contributed by atoms with Crippen LogP contribution in [0.5, 0.6) is 0 Å². The van der Waals surface area contributed by atoms with Gasteiger partial charge in [0.1, 0.15) is 11.4 Å². The SMILES string of the molecule is Cc1nc2cc(N=O)c(N=O)cc2nc1C. The Balaban J connectivity index is 2.83. The van der Waals surface area contributed by atoms with Crippen molar-refractivity contribution in [1.82, 2.24) is 9.97 Å². The molecule has 0 fully saturated rings. The Bertz CT molecular complexity index is 542. The van der Waals surface area contributed by atoms with Crippen molar-refractivity contribution in [1.29, 1.82) is 0 Å². The zero-order valence-electron chi connectivity index (χ0n) is 8.76. The molecule has 0 spiro atoms. The van der Waals surface area contributed by atoms with Gasteiger partial charge in [0.15, 0.2) is 0 Å². The molecule has 0 unspecified atom stereocenters. The molecule has 80 valence electrons. The summed E-state index contributed by atoms with van der Waals surface area (Å²) in [6, 6.07) is 2.83. The number of hydrogen-bond donors (Lipinski definition) is 0. The third-order valence-corrected chi connectivity index (χ3v) is 2.37. The molecule has 0 aliphatic heterocycles. The van der Waals surface area contributed by atoms with Crippen molar-refractivity contribution in [2.24, 2.45) is 10.4 Å². The maximum Gasteiger partial charge on any atom is 0.139 e. The van der Waals surface area contributed by atoms with E-state index in [1.54, 1.807) is 0 Å². The number of hydrogen-bond acceptors (Lipinski definition) is 6. The second-order valence-electron chi connectivity index (χ2n) is 3.41. The van der Waals surface area contributed by atoms with Gasteiger partial charge in [-0.25, -0.2) is 9.97 Å². The van der Waals surface area contributed by atoms with E-state index in [-0.39, 0.29) is 11.4 Å². The number of aromatic nitrogens is 2. The summed E-state index contributed by atoms with van der Waals surface area (Å²) in [7, 11) is 0. The lowest BCUT2D eigenvalue weighted by molar-refractivity contribution is 1.10. The van der Waals surface area contributed by atoms with Crippen LogP contribution in [0.3, 0.4) is 0 Å². The first-order valence-corrected chi connectivity index (χ1v) is 4.61. The molecule has 16 heavy (non-hydrogen) atoms. The summed E-state index contributed by atoms with van der Waals surface area (Å²) in [5.74, 6) is 0. The van der Waals surface area contributed by atoms with Gasteiger partial charge in [-0.3, -0.25) is 0 Å². The average Bonchev–Trinajstić information content (AvgIpc) is 2.29. The van der Waals surface area contributed by atoms with E-state index in [0.717, 1.165) is 11.4 Å². The topological polar surface area (TPSA) is 84.6 Å². The predicted molar refractivity (Wildman–Crippen MR) is 59.9 cm³/mol. The highest BCUT2D eigenvalue weighted by atomic mass is 16.3. The van der Waals surface area contributed by atoms with Crippen LogP contribution >= 0.6 is 0 Å². The van der Waals surface area contributed by atoms with Gasteiger partial charge in [0.25, 0.3) is 0 Å². The van der Waals surface area contributed by atoms with E-state index in [1.165, 1.54) is 12.1 Å². The molecule has 0 atom stereocenters. The summed E-state index contributed by atoms with van der Waals surface area (Å²) < 4.78 is 0. The van der Waals surface area contributed by atoms with Gasteiger partial charge in [-0.1, -0.05) is 0 Å². The Morgan fingerprint density at radius 2 is 1.25 bits per heavy atom. The standard InChI is InChI=1S/C10H8N4O2/c1-5-6(2)12-8-4-10(14-16)9(13-15)3-7(8)11-5/h3-4H,1-2H3. The highest BCUT2D eigenvalue weighted by Gasteiger charge is 2.09. The van der Waals surface area contributed by atoms with E-state index in [1.807, 2.05) is 13.8 Å². The fraction of sp³-hybridized carbons (Fsp3) is 0.200. The van der Waals surface area contributed by atoms with Crippen LogP contribution in [0.25, 0.3) is 11.0 Å².